The molecule has 5 nitrogen and oxygen atoms in total. The van der Waals surface area contributed by atoms with E-state index in [9.17, 15) is 13.2 Å². The zero-order chi connectivity index (χ0) is 15.5. The number of rotatable bonds is 5. The van der Waals surface area contributed by atoms with E-state index in [-0.39, 0.29) is 17.2 Å². The van der Waals surface area contributed by atoms with E-state index in [0.717, 1.165) is 11.1 Å². The van der Waals surface area contributed by atoms with Crippen LogP contribution < -0.4 is 4.72 Å². The molecule has 21 heavy (non-hydrogen) atoms. The van der Waals surface area contributed by atoms with Crippen LogP contribution in [0.5, 0.6) is 0 Å². The lowest BCUT2D eigenvalue weighted by atomic mass is 10.2. The predicted molar refractivity (Wildman–Crippen MR) is 79.4 cm³/mol. The first-order valence-corrected chi connectivity index (χ1v) is 7.88. The zero-order valence-electron chi connectivity index (χ0n) is 11.8. The Labute approximate surface area is 124 Å². The summed E-state index contributed by atoms with van der Waals surface area (Å²) in [4.78, 5) is 15.3. The van der Waals surface area contributed by atoms with Gasteiger partial charge in [-0.1, -0.05) is 12.1 Å². The van der Waals surface area contributed by atoms with E-state index < -0.39 is 10.0 Å². The highest BCUT2D eigenvalue weighted by Gasteiger charge is 2.14. The van der Waals surface area contributed by atoms with Gasteiger partial charge in [0.05, 0.1) is 4.90 Å². The lowest BCUT2D eigenvalue weighted by Gasteiger charge is -2.09. The number of pyridine rings is 1. The molecule has 0 fully saturated rings. The van der Waals surface area contributed by atoms with Crippen molar-refractivity contribution in [3.05, 3.63) is 59.4 Å². The molecule has 0 saturated heterocycles. The summed E-state index contributed by atoms with van der Waals surface area (Å²) in [6.45, 7) is 3.51. The Bertz CT molecular complexity index is 753. The molecule has 0 bridgehead atoms. The molecule has 6 heteroatoms. The number of nitrogens with one attached hydrogen (secondary N) is 1. The second-order valence-corrected chi connectivity index (χ2v) is 6.47. The quantitative estimate of drug-likeness (QED) is 0.858. The molecular formula is C15H16N2O3S. The van der Waals surface area contributed by atoms with E-state index in [1.165, 1.54) is 31.2 Å². The molecule has 2 rings (SSSR count). The van der Waals surface area contributed by atoms with E-state index in [1.807, 2.05) is 6.92 Å². The molecule has 0 unspecified atom stereocenters. The molecule has 0 aliphatic carbocycles. The van der Waals surface area contributed by atoms with E-state index in [0.29, 0.717) is 5.56 Å². The second-order valence-electron chi connectivity index (χ2n) is 4.71. The first kappa shape index (κ1) is 15.3. The molecule has 0 atom stereocenters. The van der Waals surface area contributed by atoms with Crippen LogP contribution in [0.4, 0.5) is 0 Å². The first-order chi connectivity index (χ1) is 9.90. The smallest absolute Gasteiger partial charge is 0.240 e. The third-order valence-electron chi connectivity index (χ3n) is 3.16. The third-order valence-corrected chi connectivity index (χ3v) is 4.58. The second kappa shape index (κ2) is 6.15. The maximum absolute atomic E-state index is 12.2. The number of nitrogens with zero attached hydrogens (tertiary/aromatic N) is 1. The molecule has 0 saturated carbocycles. The van der Waals surface area contributed by atoms with Gasteiger partial charge in [0.25, 0.3) is 0 Å². The highest BCUT2D eigenvalue weighted by molar-refractivity contribution is 7.89. The summed E-state index contributed by atoms with van der Waals surface area (Å²) in [6.07, 6.45) is 3.31. The first-order valence-electron chi connectivity index (χ1n) is 6.40. The standard InChI is InChI=1S/C15H16N2O3S/c1-11-9-16-8-7-14(11)10-17-21(19,20)15-5-3-13(4-6-15)12(2)18/h3-9,17H,10H2,1-2H3. The highest BCUT2D eigenvalue weighted by atomic mass is 32.2. The summed E-state index contributed by atoms with van der Waals surface area (Å²) in [5.41, 5.74) is 2.28. The van der Waals surface area contributed by atoms with Crippen LogP contribution in [0.2, 0.25) is 0 Å². The van der Waals surface area contributed by atoms with Crippen molar-refractivity contribution in [3.8, 4) is 0 Å². The van der Waals surface area contributed by atoms with Crippen molar-refractivity contribution in [2.24, 2.45) is 0 Å². The number of carbonyl (C=O) groups is 1. The molecule has 1 aromatic carbocycles. The largest absolute Gasteiger partial charge is 0.295 e. The van der Waals surface area contributed by atoms with Crippen molar-refractivity contribution in [3.63, 3.8) is 0 Å². The van der Waals surface area contributed by atoms with E-state index in [4.69, 9.17) is 0 Å². The topological polar surface area (TPSA) is 76.1 Å². The van der Waals surface area contributed by atoms with Crippen molar-refractivity contribution in [2.75, 3.05) is 0 Å². The molecule has 0 amide bonds. The monoisotopic (exact) mass is 304 g/mol. The minimum Gasteiger partial charge on any atom is -0.295 e. The van der Waals surface area contributed by atoms with Crippen LogP contribution >= 0.6 is 0 Å². The number of sulfonamides is 1. The van der Waals surface area contributed by atoms with Crippen LogP contribution in [0, 0.1) is 6.92 Å². The van der Waals surface area contributed by atoms with E-state index in [1.54, 1.807) is 18.5 Å². The number of hydrogen-bond acceptors (Lipinski definition) is 4. The molecule has 1 aromatic heterocycles. The molecule has 0 aliphatic heterocycles. The van der Waals surface area contributed by atoms with Crippen LogP contribution in [-0.4, -0.2) is 19.2 Å². The van der Waals surface area contributed by atoms with Gasteiger partial charge in [0.2, 0.25) is 10.0 Å². The summed E-state index contributed by atoms with van der Waals surface area (Å²) >= 11 is 0. The van der Waals surface area contributed by atoms with Gasteiger partial charge in [-0.3, -0.25) is 9.78 Å². The summed E-state index contributed by atoms with van der Waals surface area (Å²) in [5.74, 6) is -0.0979. The van der Waals surface area contributed by atoms with Gasteiger partial charge in [-0.25, -0.2) is 13.1 Å². The number of ketones is 1. The maximum Gasteiger partial charge on any atom is 0.240 e. The van der Waals surface area contributed by atoms with Crippen molar-refractivity contribution >= 4 is 15.8 Å². The molecule has 0 aliphatic rings. The van der Waals surface area contributed by atoms with Crippen LogP contribution in [0.15, 0.2) is 47.6 Å². The number of Topliss-reactive ketones (excluding diaryl/α,β-unsaturated/α-hetero) is 1. The third kappa shape index (κ3) is 3.74. The Morgan fingerprint density at radius 2 is 1.86 bits per heavy atom. The van der Waals surface area contributed by atoms with Crippen LogP contribution in [-0.2, 0) is 16.6 Å². The van der Waals surface area contributed by atoms with E-state index >= 15 is 0 Å². The molecule has 1 heterocycles. The lowest BCUT2D eigenvalue weighted by Crippen LogP contribution is -2.23. The van der Waals surface area contributed by atoms with Crippen molar-refractivity contribution in [1.82, 2.24) is 9.71 Å². The number of carbonyl (C=O) groups excluding carboxylic acids is 1. The molecule has 2 aromatic rings. The summed E-state index contributed by atoms with van der Waals surface area (Å²) in [5, 5.41) is 0. The number of aromatic nitrogens is 1. The van der Waals surface area contributed by atoms with Crippen molar-refractivity contribution in [1.29, 1.82) is 0 Å². The van der Waals surface area contributed by atoms with Gasteiger partial charge in [-0.05, 0) is 43.2 Å². The molecule has 0 radical (unpaired) electrons. The lowest BCUT2D eigenvalue weighted by molar-refractivity contribution is 0.101. The summed E-state index contributed by atoms with van der Waals surface area (Å²) in [6, 6.07) is 7.65. The molecule has 1 N–H and O–H groups in total. The van der Waals surface area contributed by atoms with Gasteiger partial charge in [0.15, 0.2) is 5.78 Å². The van der Waals surface area contributed by atoms with Gasteiger partial charge in [-0.2, -0.15) is 0 Å². The predicted octanol–water partition coefficient (Wildman–Crippen LogP) is 2.07. The maximum atomic E-state index is 12.2. The SMILES string of the molecule is CC(=O)c1ccc(S(=O)(=O)NCc2ccncc2C)cc1. The fraction of sp³-hybridized carbons (Fsp3) is 0.200. The Hall–Kier alpha value is -2.05. The van der Waals surface area contributed by atoms with Gasteiger partial charge in [0, 0.05) is 24.5 Å². The van der Waals surface area contributed by atoms with Crippen molar-refractivity contribution < 1.29 is 13.2 Å². The Kier molecular flexibility index (Phi) is 4.50. The number of hydrogen-bond donors (Lipinski definition) is 1. The van der Waals surface area contributed by atoms with Crippen LogP contribution in [0.1, 0.15) is 28.4 Å². The van der Waals surface area contributed by atoms with Crippen LogP contribution in [0.3, 0.4) is 0 Å². The average Bonchev–Trinajstić information content (AvgIpc) is 2.46. The number of benzene rings is 1. The highest BCUT2D eigenvalue weighted by Crippen LogP contribution is 2.12. The fourth-order valence-electron chi connectivity index (χ4n) is 1.83. The van der Waals surface area contributed by atoms with Crippen LogP contribution in [0.25, 0.3) is 0 Å². The van der Waals surface area contributed by atoms with Crippen molar-refractivity contribution in [2.45, 2.75) is 25.3 Å². The normalized spacial score (nSPS) is 11.3. The minimum absolute atomic E-state index is 0.0979. The molecular weight excluding hydrogens is 288 g/mol. The Balaban J connectivity index is 2.15. The van der Waals surface area contributed by atoms with Gasteiger partial charge < -0.3 is 0 Å². The van der Waals surface area contributed by atoms with E-state index in [2.05, 4.69) is 9.71 Å². The van der Waals surface area contributed by atoms with Gasteiger partial charge in [0.1, 0.15) is 0 Å². The zero-order valence-corrected chi connectivity index (χ0v) is 12.6. The minimum atomic E-state index is -3.60. The Morgan fingerprint density at radius 1 is 1.19 bits per heavy atom. The summed E-state index contributed by atoms with van der Waals surface area (Å²) in [7, 11) is -3.60. The van der Waals surface area contributed by atoms with Gasteiger partial charge in [-0.15, -0.1) is 0 Å². The molecule has 0 spiro atoms. The molecule has 110 valence electrons. The fourth-order valence-corrected chi connectivity index (χ4v) is 2.83. The number of aryl methyl sites for hydroxylation is 1. The summed E-state index contributed by atoms with van der Waals surface area (Å²) < 4.78 is 26.9. The average molecular weight is 304 g/mol. The Morgan fingerprint density at radius 3 is 2.43 bits per heavy atom. The van der Waals surface area contributed by atoms with Gasteiger partial charge >= 0.3 is 0 Å².